The van der Waals surface area contributed by atoms with Gasteiger partial charge in [-0.15, -0.1) is 5.92 Å². The summed E-state index contributed by atoms with van der Waals surface area (Å²) < 4.78 is 108. The van der Waals surface area contributed by atoms with Crippen molar-refractivity contribution in [1.82, 2.24) is 14.3 Å². The average Bonchev–Trinajstić information content (AvgIpc) is 3.15. The first-order valence-corrected chi connectivity index (χ1v) is 12.7. The highest BCUT2D eigenvalue weighted by atomic mass is 32.2. The van der Waals surface area contributed by atoms with Crippen LogP contribution in [0.2, 0.25) is 0 Å². The number of nitrogens with zero attached hydrogens (tertiary/aromatic N) is 3. The highest BCUT2D eigenvalue weighted by Crippen LogP contribution is 2.67. The van der Waals surface area contributed by atoms with Gasteiger partial charge in [0.1, 0.15) is 0 Å². The molecule has 2 heterocycles. The number of anilines is 1. The van der Waals surface area contributed by atoms with E-state index >= 15 is 0 Å². The molecule has 3 aliphatic carbocycles. The largest absolute Gasteiger partial charge is 0.511 e. The van der Waals surface area contributed by atoms with E-state index in [1.54, 1.807) is 4.90 Å². The highest BCUT2D eigenvalue weighted by molar-refractivity contribution is 7.89. The molecule has 0 radical (unpaired) electrons. The van der Waals surface area contributed by atoms with Gasteiger partial charge in [0.05, 0.1) is 24.1 Å². The minimum atomic E-state index is -5.83. The maximum absolute atomic E-state index is 13.9. The Morgan fingerprint density at radius 2 is 1.86 bits per heavy atom. The zero-order chi connectivity index (χ0) is 26.1. The van der Waals surface area contributed by atoms with Gasteiger partial charge in [-0.3, -0.25) is 0 Å². The van der Waals surface area contributed by atoms with Crippen LogP contribution in [-0.4, -0.2) is 40.8 Å². The third kappa shape index (κ3) is 3.85. The first-order valence-electron chi connectivity index (χ1n) is 11.2. The predicted molar refractivity (Wildman–Crippen MR) is 118 cm³/mol. The van der Waals surface area contributed by atoms with Crippen molar-refractivity contribution in [1.29, 1.82) is 0 Å². The molecule has 6 rings (SSSR count). The van der Waals surface area contributed by atoms with E-state index in [2.05, 4.69) is 21.8 Å². The summed E-state index contributed by atoms with van der Waals surface area (Å²) in [5.74, 6) is 5.24. The topological polar surface area (TPSA) is 69.3 Å². The molecular weight excluding hydrogens is 510 g/mol. The number of fused-ring (bicyclic) bond motifs is 1. The second-order valence-corrected chi connectivity index (χ2v) is 11.6. The average molecular weight is 533 g/mol. The molecule has 36 heavy (non-hydrogen) atoms. The molecule has 13 heteroatoms. The van der Waals surface area contributed by atoms with Gasteiger partial charge in [0.25, 0.3) is 0 Å². The second-order valence-electron chi connectivity index (χ2n) is 9.66. The summed E-state index contributed by atoms with van der Waals surface area (Å²) in [6.07, 6.45) is 0.295. The lowest BCUT2D eigenvalue weighted by Gasteiger charge is -2.67. The Morgan fingerprint density at radius 1 is 1.17 bits per heavy atom. The maximum atomic E-state index is 13.9. The third-order valence-electron chi connectivity index (χ3n) is 7.56. The summed E-state index contributed by atoms with van der Waals surface area (Å²) in [4.78, 5) is 8.64. The van der Waals surface area contributed by atoms with E-state index in [1.807, 2.05) is 0 Å². The van der Waals surface area contributed by atoms with Gasteiger partial charge in [0.15, 0.2) is 0 Å². The Bertz CT molecular complexity index is 1320. The van der Waals surface area contributed by atoms with Crippen LogP contribution in [0.15, 0.2) is 24.7 Å². The van der Waals surface area contributed by atoms with E-state index in [4.69, 9.17) is 0 Å². The summed E-state index contributed by atoms with van der Waals surface area (Å²) in [5, 5.41) is 0. The molecule has 1 N–H and O–H groups in total. The molecule has 2 bridgehead atoms. The van der Waals surface area contributed by atoms with Gasteiger partial charge in [-0.05, 0) is 49.7 Å². The fourth-order valence-corrected chi connectivity index (χ4v) is 6.76. The monoisotopic (exact) mass is 532 g/mol. The quantitative estimate of drug-likeness (QED) is 0.460. The molecule has 3 fully saturated rings. The van der Waals surface area contributed by atoms with Crippen LogP contribution < -0.4 is 4.90 Å². The van der Waals surface area contributed by atoms with Crippen molar-refractivity contribution in [3.8, 4) is 11.8 Å². The number of rotatable bonds is 4. The van der Waals surface area contributed by atoms with Crippen molar-refractivity contribution in [3.63, 3.8) is 0 Å². The van der Waals surface area contributed by atoms with E-state index in [9.17, 15) is 34.8 Å². The Labute approximate surface area is 203 Å². The molecule has 0 spiro atoms. The molecular formula is C23H22F6N4O2S. The maximum Gasteiger partial charge on any atom is 0.511 e. The summed E-state index contributed by atoms with van der Waals surface area (Å²) in [7, 11) is -5.83. The van der Waals surface area contributed by atoms with Crippen LogP contribution in [-0.2, 0) is 29.3 Å². The second kappa shape index (κ2) is 8.14. The Kier molecular flexibility index (Phi) is 5.64. The van der Waals surface area contributed by atoms with E-state index in [0.29, 0.717) is 11.6 Å². The number of H-pyrrole nitrogens is 1. The summed E-state index contributed by atoms with van der Waals surface area (Å²) >= 11 is 0. The number of hydrogen-bond acceptors (Lipinski definition) is 4. The van der Waals surface area contributed by atoms with Crippen molar-refractivity contribution >= 4 is 15.7 Å². The number of aromatic nitrogens is 2. The number of hydrogen-bond donors (Lipinski definition) is 1. The molecule has 1 aliphatic heterocycles. The number of imidazole rings is 1. The van der Waals surface area contributed by atoms with Crippen molar-refractivity contribution in [3.05, 3.63) is 47.0 Å². The van der Waals surface area contributed by atoms with Crippen LogP contribution in [0, 0.1) is 23.2 Å². The molecule has 1 aromatic heterocycles. The molecule has 0 amide bonds. The number of alkyl halides is 6. The molecule has 0 saturated heterocycles. The number of aromatic amines is 1. The number of sulfonamides is 1. The summed E-state index contributed by atoms with van der Waals surface area (Å²) in [6, 6.07) is 1.41. The van der Waals surface area contributed by atoms with Crippen LogP contribution >= 0.6 is 0 Å². The van der Waals surface area contributed by atoms with Gasteiger partial charge >= 0.3 is 21.7 Å². The van der Waals surface area contributed by atoms with E-state index in [1.165, 1.54) is 25.5 Å². The zero-order valence-electron chi connectivity index (χ0n) is 19.0. The number of benzene rings is 1. The molecule has 3 saturated carbocycles. The minimum absolute atomic E-state index is 0.106. The first-order chi connectivity index (χ1) is 16.8. The van der Waals surface area contributed by atoms with E-state index in [0.717, 1.165) is 25.3 Å². The number of nitrogens with one attached hydrogen (secondary N) is 1. The van der Waals surface area contributed by atoms with E-state index in [-0.39, 0.29) is 22.1 Å². The smallest absolute Gasteiger partial charge is 0.360 e. The third-order valence-corrected chi connectivity index (χ3v) is 9.10. The lowest BCUT2D eigenvalue weighted by atomic mass is 9.41. The first kappa shape index (κ1) is 25.0. The van der Waals surface area contributed by atoms with Crippen LogP contribution in [0.5, 0.6) is 0 Å². The lowest BCUT2D eigenvalue weighted by Crippen LogP contribution is -2.66. The van der Waals surface area contributed by atoms with Gasteiger partial charge in [-0.1, -0.05) is 5.92 Å². The summed E-state index contributed by atoms with van der Waals surface area (Å²) in [6.45, 7) is 0.0418. The normalized spacial score (nSPS) is 26.2. The highest BCUT2D eigenvalue weighted by Gasteiger charge is 2.63. The molecule has 1 atom stereocenters. The van der Waals surface area contributed by atoms with Crippen LogP contribution in [0.1, 0.15) is 48.6 Å². The molecule has 2 aromatic rings. The summed E-state index contributed by atoms with van der Waals surface area (Å²) in [5.41, 5.74) is -7.01. The van der Waals surface area contributed by atoms with Crippen LogP contribution in [0.25, 0.3) is 0 Å². The van der Waals surface area contributed by atoms with Gasteiger partial charge < -0.3 is 9.88 Å². The van der Waals surface area contributed by atoms with Crippen molar-refractivity contribution in [2.75, 3.05) is 11.4 Å². The molecule has 6 nitrogen and oxygen atoms in total. The van der Waals surface area contributed by atoms with E-state index < -0.39 is 57.4 Å². The van der Waals surface area contributed by atoms with Gasteiger partial charge in [0.2, 0.25) is 0 Å². The van der Waals surface area contributed by atoms with Gasteiger partial charge in [-0.2, -0.15) is 30.6 Å². The fourth-order valence-electron chi connectivity index (χ4n) is 5.83. The Hall–Kier alpha value is -2.72. The SMILES string of the molecule is CC#Cc1c(C(F)(F)F)ccc2c1CN(S(=O)(=O)C(F)(F)F)C[C@@H](C13CC(C1)C3)N2Cc1cnc[nH]1. The van der Waals surface area contributed by atoms with Crippen LogP contribution in [0.4, 0.5) is 32.0 Å². The van der Waals surface area contributed by atoms with Gasteiger partial charge in [0, 0.05) is 42.1 Å². The zero-order valence-corrected chi connectivity index (χ0v) is 19.9. The Morgan fingerprint density at radius 3 is 2.36 bits per heavy atom. The molecule has 0 unspecified atom stereocenters. The number of halogens is 6. The molecule has 4 aliphatic rings. The van der Waals surface area contributed by atoms with Crippen molar-refractivity contribution in [2.24, 2.45) is 11.3 Å². The fraction of sp³-hybridized carbons (Fsp3) is 0.522. The lowest BCUT2D eigenvalue weighted by molar-refractivity contribution is -0.137. The minimum Gasteiger partial charge on any atom is -0.360 e. The van der Waals surface area contributed by atoms with Gasteiger partial charge in [-0.25, -0.2) is 13.4 Å². The molecule has 1 aromatic carbocycles. The molecule has 194 valence electrons. The Balaban J connectivity index is 1.75. The van der Waals surface area contributed by atoms with Crippen molar-refractivity contribution in [2.45, 2.75) is 57.0 Å². The predicted octanol–water partition coefficient (Wildman–Crippen LogP) is 4.64. The standard InChI is InChI=1S/C23H22F6N4O2S/c1-2-3-16-17-11-32(36(34,35)23(27,28)29)12-20(21-6-14(7-21)8-21)33(10-15-9-30-13-31-15)19(17)5-4-18(16)22(24,25)26/h4-5,9,13-14,20H,6-8,10-12H2,1H3,(H,30,31)/t14?,20-,21?/m0/s1. The van der Waals surface area contributed by atoms with Crippen LogP contribution in [0.3, 0.4) is 0 Å². The van der Waals surface area contributed by atoms with Crippen molar-refractivity contribution < 1.29 is 34.8 Å².